The van der Waals surface area contributed by atoms with Crippen LogP contribution in [0.5, 0.6) is 0 Å². The Balaban J connectivity index is 2.31. The molecule has 1 aliphatic heterocycles. The Bertz CT molecular complexity index is 386. The molecule has 1 aromatic heterocycles. The van der Waals surface area contributed by atoms with Crippen LogP contribution in [-0.2, 0) is 0 Å². The van der Waals surface area contributed by atoms with Gasteiger partial charge in [-0.2, -0.15) is 16.9 Å². The van der Waals surface area contributed by atoms with Crippen molar-refractivity contribution < 1.29 is 0 Å². The topological polar surface area (TPSA) is 29.9 Å². The minimum Gasteiger partial charge on any atom is -0.308 e. The summed E-state index contributed by atoms with van der Waals surface area (Å²) in [5.74, 6) is 1.29. The molecule has 102 valence electrons. The van der Waals surface area contributed by atoms with Gasteiger partial charge in [0.05, 0.1) is 22.4 Å². The maximum Gasteiger partial charge on any atom is 0.0710 e. The van der Waals surface area contributed by atoms with E-state index in [2.05, 4.69) is 63.6 Å². The fourth-order valence-corrected chi connectivity index (χ4v) is 4.45. The van der Waals surface area contributed by atoms with E-state index in [4.69, 9.17) is 0 Å². The summed E-state index contributed by atoms with van der Waals surface area (Å²) in [7, 11) is 0. The number of halogens is 1. The minimum absolute atomic E-state index is 0.402. The number of thioether (sulfide) groups is 1. The molecule has 2 rings (SSSR count). The van der Waals surface area contributed by atoms with Gasteiger partial charge >= 0.3 is 0 Å². The van der Waals surface area contributed by atoms with Crippen molar-refractivity contribution in [1.29, 1.82) is 0 Å². The maximum absolute atomic E-state index is 4.51. The van der Waals surface area contributed by atoms with Crippen LogP contribution in [0, 0.1) is 0 Å². The highest BCUT2D eigenvalue weighted by Gasteiger charge is 2.30. The lowest BCUT2D eigenvalue weighted by Gasteiger charge is -2.26. The van der Waals surface area contributed by atoms with E-state index < -0.39 is 0 Å². The van der Waals surface area contributed by atoms with E-state index in [1.807, 2.05) is 6.20 Å². The predicted octanol–water partition coefficient (Wildman–Crippen LogP) is 3.77. The van der Waals surface area contributed by atoms with Crippen LogP contribution in [0.3, 0.4) is 0 Å². The van der Waals surface area contributed by atoms with Crippen LogP contribution in [0.25, 0.3) is 0 Å². The lowest BCUT2D eigenvalue weighted by atomic mass is 10.1. The molecule has 0 aliphatic carbocycles. The van der Waals surface area contributed by atoms with Gasteiger partial charge in [0.1, 0.15) is 0 Å². The summed E-state index contributed by atoms with van der Waals surface area (Å²) in [6, 6.07) is 0.806. The summed E-state index contributed by atoms with van der Waals surface area (Å²) in [6.45, 7) is 7.55. The molecule has 2 unspecified atom stereocenters. The van der Waals surface area contributed by atoms with E-state index in [9.17, 15) is 0 Å². The van der Waals surface area contributed by atoms with Crippen LogP contribution in [0.15, 0.2) is 10.7 Å². The molecule has 0 radical (unpaired) electrons. The molecule has 1 aromatic rings. The first-order valence-electron chi connectivity index (χ1n) is 6.73. The monoisotopic (exact) mass is 331 g/mol. The molecular formula is C13H22BrN3S. The van der Waals surface area contributed by atoms with E-state index in [1.54, 1.807) is 0 Å². The molecule has 3 nitrogen and oxygen atoms in total. The molecule has 5 heteroatoms. The third-order valence-electron chi connectivity index (χ3n) is 3.33. The average molecular weight is 332 g/mol. The highest BCUT2D eigenvalue weighted by molar-refractivity contribution is 9.10. The van der Waals surface area contributed by atoms with Gasteiger partial charge in [-0.3, -0.25) is 4.68 Å². The number of nitrogens with zero attached hydrogens (tertiary/aromatic N) is 2. The summed E-state index contributed by atoms with van der Waals surface area (Å²) in [5, 5.41) is 8.84. The lowest BCUT2D eigenvalue weighted by Crippen LogP contribution is -2.31. The van der Waals surface area contributed by atoms with Crippen molar-refractivity contribution >= 4 is 27.7 Å². The van der Waals surface area contributed by atoms with Crippen molar-refractivity contribution in [2.75, 3.05) is 12.3 Å². The number of rotatable bonds is 5. The smallest absolute Gasteiger partial charge is 0.0710 e. The molecule has 0 bridgehead atoms. The molecule has 18 heavy (non-hydrogen) atoms. The van der Waals surface area contributed by atoms with Gasteiger partial charge in [0.15, 0.2) is 0 Å². The highest BCUT2D eigenvalue weighted by atomic mass is 79.9. The van der Waals surface area contributed by atoms with Crippen molar-refractivity contribution in [2.24, 2.45) is 0 Å². The molecule has 1 N–H and O–H groups in total. The highest BCUT2D eigenvalue weighted by Crippen LogP contribution is 2.38. The number of hydrogen-bond donors (Lipinski definition) is 1. The van der Waals surface area contributed by atoms with Crippen molar-refractivity contribution in [3.8, 4) is 0 Å². The summed E-state index contributed by atoms with van der Waals surface area (Å²) in [6.07, 6.45) is 4.57. The summed E-state index contributed by atoms with van der Waals surface area (Å²) >= 11 is 5.76. The standard InChI is InChI=1S/C13H22BrN3S/c1-4-15-12(11-6-5-7-18-11)13-10(14)8-16-17(13)9(2)3/h8-9,11-12,15H,4-7H2,1-3H3. The molecule has 0 spiro atoms. The summed E-state index contributed by atoms with van der Waals surface area (Å²) in [5.41, 5.74) is 1.31. The molecule has 0 saturated carbocycles. The predicted molar refractivity (Wildman–Crippen MR) is 82.2 cm³/mol. The third-order valence-corrected chi connectivity index (χ3v) is 5.40. The molecule has 2 atom stereocenters. The molecule has 0 aromatic carbocycles. The molecular weight excluding hydrogens is 310 g/mol. The molecule has 1 fully saturated rings. The Hall–Kier alpha value is -0.000000000000000111. The first-order chi connectivity index (χ1) is 8.65. The fraction of sp³-hybridized carbons (Fsp3) is 0.769. The van der Waals surface area contributed by atoms with Gasteiger partial charge in [-0.25, -0.2) is 0 Å². The minimum atomic E-state index is 0.402. The number of aromatic nitrogens is 2. The quantitative estimate of drug-likeness (QED) is 0.890. The van der Waals surface area contributed by atoms with Gasteiger partial charge < -0.3 is 5.32 Å². The Kier molecular flexibility index (Phi) is 5.15. The van der Waals surface area contributed by atoms with Gasteiger partial charge in [-0.1, -0.05) is 6.92 Å². The van der Waals surface area contributed by atoms with Gasteiger partial charge in [-0.05, 0) is 54.9 Å². The Morgan fingerprint density at radius 2 is 2.39 bits per heavy atom. The first-order valence-corrected chi connectivity index (χ1v) is 8.57. The van der Waals surface area contributed by atoms with E-state index in [1.165, 1.54) is 24.3 Å². The van der Waals surface area contributed by atoms with Crippen molar-refractivity contribution in [1.82, 2.24) is 15.1 Å². The second-order valence-corrected chi connectivity index (χ2v) is 7.20. The van der Waals surface area contributed by atoms with E-state index in [0.29, 0.717) is 17.3 Å². The van der Waals surface area contributed by atoms with Crippen LogP contribution in [0.4, 0.5) is 0 Å². The van der Waals surface area contributed by atoms with Gasteiger partial charge in [-0.15, -0.1) is 0 Å². The van der Waals surface area contributed by atoms with Crippen molar-refractivity contribution in [3.63, 3.8) is 0 Å². The Morgan fingerprint density at radius 1 is 1.61 bits per heavy atom. The zero-order valence-electron chi connectivity index (χ0n) is 11.3. The molecule has 1 aliphatic rings. The van der Waals surface area contributed by atoms with Crippen LogP contribution in [0.2, 0.25) is 0 Å². The molecule has 1 saturated heterocycles. The number of hydrogen-bond acceptors (Lipinski definition) is 3. The van der Waals surface area contributed by atoms with Crippen LogP contribution in [-0.4, -0.2) is 27.3 Å². The zero-order valence-corrected chi connectivity index (χ0v) is 13.7. The Labute approximate surface area is 122 Å². The first kappa shape index (κ1) is 14.4. The van der Waals surface area contributed by atoms with Crippen molar-refractivity contribution in [2.45, 2.75) is 50.9 Å². The normalized spacial score (nSPS) is 21.7. The average Bonchev–Trinajstić information content (AvgIpc) is 2.95. The second-order valence-electron chi connectivity index (χ2n) is 5.00. The SMILES string of the molecule is CCNC(c1c(Br)cnn1C(C)C)C1CCCS1. The van der Waals surface area contributed by atoms with Crippen LogP contribution in [0.1, 0.15) is 51.4 Å². The van der Waals surface area contributed by atoms with E-state index in [0.717, 1.165) is 11.0 Å². The molecule has 0 amide bonds. The number of nitrogens with one attached hydrogen (secondary N) is 1. The second kappa shape index (κ2) is 6.44. The summed E-state index contributed by atoms with van der Waals surface area (Å²) in [4.78, 5) is 0. The van der Waals surface area contributed by atoms with E-state index in [-0.39, 0.29) is 0 Å². The van der Waals surface area contributed by atoms with Gasteiger partial charge in [0, 0.05) is 11.3 Å². The maximum atomic E-state index is 4.51. The Morgan fingerprint density at radius 3 is 2.94 bits per heavy atom. The van der Waals surface area contributed by atoms with Crippen LogP contribution < -0.4 is 5.32 Å². The third kappa shape index (κ3) is 2.94. The summed E-state index contributed by atoms with van der Waals surface area (Å²) < 4.78 is 3.28. The zero-order chi connectivity index (χ0) is 13.1. The molecule has 2 heterocycles. The lowest BCUT2D eigenvalue weighted by molar-refractivity contribution is 0.436. The van der Waals surface area contributed by atoms with E-state index >= 15 is 0 Å². The largest absolute Gasteiger partial charge is 0.308 e. The van der Waals surface area contributed by atoms with Gasteiger partial charge in [0.2, 0.25) is 0 Å². The van der Waals surface area contributed by atoms with Gasteiger partial charge in [0.25, 0.3) is 0 Å². The van der Waals surface area contributed by atoms with Crippen molar-refractivity contribution in [3.05, 3.63) is 16.4 Å². The van der Waals surface area contributed by atoms with Crippen LogP contribution >= 0.6 is 27.7 Å². The fourth-order valence-electron chi connectivity index (χ4n) is 2.54.